The smallest absolute Gasteiger partial charge is 0.257 e. The second-order valence-electron chi connectivity index (χ2n) is 9.13. The lowest BCUT2D eigenvalue weighted by Gasteiger charge is -2.01. The van der Waals surface area contributed by atoms with E-state index in [1.165, 1.54) is 22.7 Å². The molecule has 2 aromatic carbocycles. The highest BCUT2D eigenvalue weighted by molar-refractivity contribution is 7.99. The molecule has 12 nitrogen and oxygen atoms in total. The molecule has 208 valence electrons. The quantitative estimate of drug-likeness (QED) is 0.161. The number of amides is 2. The van der Waals surface area contributed by atoms with Gasteiger partial charge in [0.1, 0.15) is 21.7 Å². The fraction of sp³-hybridized carbons (Fsp3) is 0.231. The maximum absolute atomic E-state index is 12.6. The minimum Gasteiger partial charge on any atom is -0.342 e. The number of nitrogens with zero attached hydrogens (tertiary/aromatic N) is 6. The number of nitrogens with one attached hydrogen (secondary N) is 4. The number of H-pyrrole nitrogens is 2. The first-order valence-corrected chi connectivity index (χ1v) is 15.5. The summed E-state index contributed by atoms with van der Waals surface area (Å²) in [4.78, 5) is 40.3. The van der Waals surface area contributed by atoms with Crippen LogP contribution in [-0.4, -0.2) is 63.7 Å². The first-order valence-electron chi connectivity index (χ1n) is 12.7. The van der Waals surface area contributed by atoms with E-state index in [1.54, 1.807) is 36.0 Å². The Hall–Kier alpha value is -4.21. The SMILES string of the molecule is Cc1nc2ccc(C(=O)Nc3nnc(CCSCCc4nnc(NC(=O)c5ccc6nc(C)[nH]c6c5)s4)s3)cc2[nH]1. The Bertz CT molecular complexity index is 1740. The van der Waals surface area contributed by atoms with Crippen LogP contribution in [0.5, 0.6) is 0 Å². The van der Waals surface area contributed by atoms with Gasteiger partial charge in [0.05, 0.1) is 22.1 Å². The molecule has 0 unspecified atom stereocenters. The average Bonchev–Trinajstić information content (AvgIpc) is 3.73. The molecular formula is C26H24N10O2S3. The average molecular weight is 605 g/mol. The van der Waals surface area contributed by atoms with Gasteiger partial charge in [0.25, 0.3) is 11.8 Å². The highest BCUT2D eigenvalue weighted by Gasteiger charge is 2.14. The molecule has 0 aliphatic rings. The number of aromatic amines is 2. The lowest BCUT2D eigenvalue weighted by molar-refractivity contribution is 0.101. The van der Waals surface area contributed by atoms with Gasteiger partial charge >= 0.3 is 0 Å². The lowest BCUT2D eigenvalue weighted by Crippen LogP contribution is -2.11. The summed E-state index contributed by atoms with van der Waals surface area (Å²) in [6.45, 7) is 3.75. The summed E-state index contributed by atoms with van der Waals surface area (Å²) < 4.78 is 0. The number of rotatable bonds is 10. The number of anilines is 2. The summed E-state index contributed by atoms with van der Waals surface area (Å²) in [5.74, 6) is 2.84. The van der Waals surface area contributed by atoms with Crippen molar-refractivity contribution in [3.63, 3.8) is 0 Å². The third kappa shape index (κ3) is 6.42. The summed E-state index contributed by atoms with van der Waals surface area (Å²) in [5.41, 5.74) is 4.33. The third-order valence-corrected chi connectivity index (χ3v) is 8.80. The molecule has 4 aromatic heterocycles. The van der Waals surface area contributed by atoms with E-state index in [4.69, 9.17) is 0 Å². The van der Waals surface area contributed by atoms with Gasteiger partial charge in [-0.3, -0.25) is 20.2 Å². The van der Waals surface area contributed by atoms with Gasteiger partial charge in [0, 0.05) is 24.0 Å². The Kier molecular flexibility index (Phi) is 7.71. The van der Waals surface area contributed by atoms with E-state index in [0.717, 1.165) is 68.1 Å². The van der Waals surface area contributed by atoms with E-state index >= 15 is 0 Å². The molecule has 6 aromatic rings. The predicted molar refractivity (Wildman–Crippen MR) is 162 cm³/mol. The van der Waals surface area contributed by atoms with E-state index in [2.05, 4.69) is 51.0 Å². The van der Waals surface area contributed by atoms with Crippen molar-refractivity contribution in [2.45, 2.75) is 26.7 Å². The molecule has 6 rings (SSSR count). The van der Waals surface area contributed by atoms with E-state index in [-0.39, 0.29) is 11.8 Å². The molecule has 0 saturated heterocycles. The Balaban J connectivity index is 0.927. The van der Waals surface area contributed by atoms with Crippen LogP contribution >= 0.6 is 34.4 Å². The Morgan fingerprint density at radius 3 is 1.66 bits per heavy atom. The summed E-state index contributed by atoms with van der Waals surface area (Å²) in [7, 11) is 0. The summed E-state index contributed by atoms with van der Waals surface area (Å²) in [6.07, 6.45) is 1.49. The molecule has 41 heavy (non-hydrogen) atoms. The summed E-state index contributed by atoms with van der Waals surface area (Å²) >= 11 is 4.52. The topological polar surface area (TPSA) is 167 Å². The van der Waals surface area contributed by atoms with Crippen LogP contribution in [0, 0.1) is 13.8 Å². The van der Waals surface area contributed by atoms with Crippen molar-refractivity contribution in [2.75, 3.05) is 22.1 Å². The minimum absolute atomic E-state index is 0.238. The Morgan fingerprint density at radius 1 is 0.732 bits per heavy atom. The van der Waals surface area contributed by atoms with Crippen molar-refractivity contribution < 1.29 is 9.59 Å². The molecule has 2 amide bonds. The zero-order chi connectivity index (χ0) is 28.3. The van der Waals surface area contributed by atoms with Gasteiger partial charge in [0.2, 0.25) is 10.3 Å². The van der Waals surface area contributed by atoms with Crippen LogP contribution in [0.15, 0.2) is 36.4 Å². The van der Waals surface area contributed by atoms with Crippen LogP contribution in [0.1, 0.15) is 42.4 Å². The van der Waals surface area contributed by atoms with E-state index < -0.39 is 0 Å². The Labute approximate surface area is 245 Å². The lowest BCUT2D eigenvalue weighted by atomic mass is 10.2. The highest BCUT2D eigenvalue weighted by atomic mass is 32.2. The number of hydrogen-bond donors (Lipinski definition) is 4. The number of benzene rings is 2. The molecule has 4 heterocycles. The van der Waals surface area contributed by atoms with Gasteiger partial charge in [-0.2, -0.15) is 11.8 Å². The van der Waals surface area contributed by atoms with Crippen molar-refractivity contribution in [3.8, 4) is 0 Å². The van der Waals surface area contributed by atoms with Crippen LogP contribution in [0.4, 0.5) is 10.3 Å². The first-order chi connectivity index (χ1) is 19.9. The minimum atomic E-state index is -0.238. The summed E-state index contributed by atoms with van der Waals surface area (Å²) in [6, 6.07) is 10.7. The predicted octanol–water partition coefficient (Wildman–Crippen LogP) is 4.78. The molecule has 0 atom stereocenters. The third-order valence-electron chi connectivity index (χ3n) is 6.02. The van der Waals surface area contributed by atoms with Crippen molar-refractivity contribution in [1.82, 2.24) is 40.3 Å². The van der Waals surface area contributed by atoms with Crippen molar-refractivity contribution in [3.05, 3.63) is 69.2 Å². The second kappa shape index (κ2) is 11.7. The van der Waals surface area contributed by atoms with Crippen LogP contribution < -0.4 is 10.6 Å². The Morgan fingerprint density at radius 2 is 1.20 bits per heavy atom. The fourth-order valence-electron chi connectivity index (χ4n) is 4.13. The number of carbonyl (C=O) groups excluding carboxylic acids is 2. The number of carbonyl (C=O) groups is 2. The molecule has 0 aliphatic heterocycles. The van der Waals surface area contributed by atoms with E-state index in [9.17, 15) is 9.59 Å². The summed E-state index contributed by atoms with van der Waals surface area (Å²) in [5, 5.41) is 24.9. The van der Waals surface area contributed by atoms with Crippen LogP contribution in [0.2, 0.25) is 0 Å². The van der Waals surface area contributed by atoms with E-state index in [0.29, 0.717) is 21.4 Å². The maximum Gasteiger partial charge on any atom is 0.257 e. The number of aromatic nitrogens is 8. The first kappa shape index (κ1) is 27.0. The van der Waals surface area contributed by atoms with Gasteiger partial charge in [0.15, 0.2) is 0 Å². The molecular weight excluding hydrogens is 581 g/mol. The van der Waals surface area contributed by atoms with Crippen LogP contribution in [0.3, 0.4) is 0 Å². The van der Waals surface area contributed by atoms with Gasteiger partial charge in [-0.1, -0.05) is 22.7 Å². The number of hydrogen-bond acceptors (Lipinski definition) is 11. The number of fused-ring (bicyclic) bond motifs is 2. The zero-order valence-corrected chi connectivity index (χ0v) is 24.5. The number of imidazole rings is 2. The maximum atomic E-state index is 12.6. The largest absolute Gasteiger partial charge is 0.342 e. The van der Waals surface area contributed by atoms with Crippen molar-refractivity contribution in [1.29, 1.82) is 0 Å². The zero-order valence-electron chi connectivity index (χ0n) is 22.0. The fourth-order valence-corrected chi connectivity index (χ4v) is 6.73. The van der Waals surface area contributed by atoms with Gasteiger partial charge in [-0.05, 0) is 61.8 Å². The number of aryl methyl sites for hydroxylation is 4. The van der Waals surface area contributed by atoms with Crippen molar-refractivity contribution >= 4 is 78.6 Å². The standard InChI is InChI=1S/C26H24N10O2S3/c1-13-27-17-5-3-15(11-19(17)29-13)23(37)31-25-35-33-21(40-25)7-9-39-10-8-22-34-36-26(41-22)32-24(38)16-4-6-18-20(12-16)30-14(2)28-18/h3-6,11-12H,7-10H2,1-2H3,(H,27,29)(H,28,30)(H,31,35,37)(H,32,36,38). The highest BCUT2D eigenvalue weighted by Crippen LogP contribution is 2.22. The number of thioether (sulfide) groups is 1. The molecule has 0 aliphatic carbocycles. The molecule has 0 spiro atoms. The van der Waals surface area contributed by atoms with Gasteiger partial charge in [-0.15, -0.1) is 20.4 Å². The van der Waals surface area contributed by atoms with Crippen molar-refractivity contribution in [2.24, 2.45) is 0 Å². The molecule has 0 radical (unpaired) electrons. The normalized spacial score (nSPS) is 11.4. The molecule has 15 heteroatoms. The monoisotopic (exact) mass is 604 g/mol. The molecule has 0 fully saturated rings. The van der Waals surface area contributed by atoms with Gasteiger partial charge < -0.3 is 9.97 Å². The van der Waals surface area contributed by atoms with Crippen LogP contribution in [-0.2, 0) is 12.8 Å². The van der Waals surface area contributed by atoms with E-state index in [1.807, 2.05) is 26.0 Å². The molecule has 4 N–H and O–H groups in total. The molecule has 0 bridgehead atoms. The van der Waals surface area contributed by atoms with Crippen LogP contribution in [0.25, 0.3) is 22.1 Å². The van der Waals surface area contributed by atoms with Gasteiger partial charge in [-0.25, -0.2) is 9.97 Å². The second-order valence-corrected chi connectivity index (χ2v) is 12.5. The molecule has 0 saturated carbocycles.